The molecule has 1 aromatic carbocycles. The maximum Gasteiger partial charge on any atom is 0.416 e. The van der Waals surface area contributed by atoms with Crippen LogP contribution in [0.5, 0.6) is 0 Å². The fourth-order valence-electron chi connectivity index (χ4n) is 1.89. The van der Waals surface area contributed by atoms with E-state index in [1.807, 2.05) is 6.92 Å². The van der Waals surface area contributed by atoms with Gasteiger partial charge in [-0.2, -0.15) is 13.2 Å². The number of aryl methyl sites for hydroxylation is 1. The highest BCUT2D eigenvalue weighted by Crippen LogP contribution is 2.31. The van der Waals surface area contributed by atoms with E-state index in [0.29, 0.717) is 24.1 Å². The number of carbonyl (C=O) groups is 1. The molecular formula is C13H12F3N3O. The van der Waals surface area contributed by atoms with Gasteiger partial charge in [0.05, 0.1) is 11.3 Å². The standard InChI is InChI=1S/C13H12F3N3O/c1-2-7-19-12(11(8-20)17-18-19)9-3-5-10(6-4-9)13(14,15)16/h3-6,8H,2,7H2,1H3. The fraction of sp³-hybridized carbons (Fsp3) is 0.308. The number of hydrogen-bond donors (Lipinski definition) is 0. The van der Waals surface area contributed by atoms with Gasteiger partial charge in [0.25, 0.3) is 0 Å². The van der Waals surface area contributed by atoms with Crippen molar-refractivity contribution in [1.29, 1.82) is 0 Å². The van der Waals surface area contributed by atoms with Crippen molar-refractivity contribution in [2.45, 2.75) is 26.1 Å². The van der Waals surface area contributed by atoms with Crippen LogP contribution in [0.15, 0.2) is 24.3 Å². The van der Waals surface area contributed by atoms with Crippen molar-refractivity contribution < 1.29 is 18.0 Å². The fourth-order valence-corrected chi connectivity index (χ4v) is 1.89. The van der Waals surface area contributed by atoms with Gasteiger partial charge in [-0.1, -0.05) is 24.3 Å². The lowest BCUT2D eigenvalue weighted by Crippen LogP contribution is -2.05. The highest BCUT2D eigenvalue weighted by atomic mass is 19.4. The number of rotatable bonds is 4. The van der Waals surface area contributed by atoms with E-state index in [2.05, 4.69) is 10.3 Å². The second kappa shape index (κ2) is 5.44. The van der Waals surface area contributed by atoms with Gasteiger partial charge in [-0.3, -0.25) is 4.79 Å². The molecule has 0 spiro atoms. The van der Waals surface area contributed by atoms with Gasteiger partial charge in [0.15, 0.2) is 12.0 Å². The van der Waals surface area contributed by atoms with Crippen molar-refractivity contribution in [3.63, 3.8) is 0 Å². The van der Waals surface area contributed by atoms with E-state index in [-0.39, 0.29) is 5.69 Å². The van der Waals surface area contributed by atoms with Gasteiger partial charge in [0.2, 0.25) is 0 Å². The molecular weight excluding hydrogens is 271 g/mol. The topological polar surface area (TPSA) is 47.8 Å². The molecule has 0 aliphatic carbocycles. The van der Waals surface area contributed by atoms with Crippen molar-refractivity contribution in [3.05, 3.63) is 35.5 Å². The Morgan fingerprint density at radius 3 is 2.40 bits per heavy atom. The van der Waals surface area contributed by atoms with Crippen molar-refractivity contribution in [2.24, 2.45) is 0 Å². The molecule has 4 nitrogen and oxygen atoms in total. The Bertz CT molecular complexity index is 602. The number of aromatic nitrogens is 3. The minimum Gasteiger partial charge on any atom is -0.296 e. The van der Waals surface area contributed by atoms with Crippen LogP contribution in [0.2, 0.25) is 0 Å². The van der Waals surface area contributed by atoms with E-state index >= 15 is 0 Å². The molecule has 0 saturated carbocycles. The molecule has 0 N–H and O–H groups in total. The van der Waals surface area contributed by atoms with Crippen LogP contribution in [0.1, 0.15) is 29.4 Å². The third kappa shape index (κ3) is 2.71. The van der Waals surface area contributed by atoms with Crippen molar-refractivity contribution >= 4 is 6.29 Å². The maximum absolute atomic E-state index is 12.5. The Hall–Kier alpha value is -2.18. The van der Waals surface area contributed by atoms with Gasteiger partial charge >= 0.3 is 6.18 Å². The number of aldehydes is 1. The normalized spacial score (nSPS) is 11.6. The summed E-state index contributed by atoms with van der Waals surface area (Å²) in [4.78, 5) is 10.9. The van der Waals surface area contributed by atoms with Crippen molar-refractivity contribution in [3.8, 4) is 11.3 Å². The summed E-state index contributed by atoms with van der Waals surface area (Å²) in [5.74, 6) is 0. The van der Waals surface area contributed by atoms with E-state index in [0.717, 1.165) is 18.6 Å². The molecule has 106 valence electrons. The molecule has 2 rings (SSSR count). The zero-order valence-electron chi connectivity index (χ0n) is 10.7. The zero-order valence-corrected chi connectivity index (χ0v) is 10.7. The van der Waals surface area contributed by atoms with E-state index in [1.165, 1.54) is 16.8 Å². The first kappa shape index (κ1) is 14.2. The number of carbonyl (C=O) groups excluding carboxylic acids is 1. The van der Waals surface area contributed by atoms with Crippen LogP contribution in [0, 0.1) is 0 Å². The van der Waals surface area contributed by atoms with Crippen molar-refractivity contribution in [1.82, 2.24) is 15.0 Å². The number of benzene rings is 1. The summed E-state index contributed by atoms with van der Waals surface area (Å²) in [6.45, 7) is 2.47. The summed E-state index contributed by atoms with van der Waals surface area (Å²) >= 11 is 0. The van der Waals surface area contributed by atoms with Gasteiger partial charge < -0.3 is 0 Å². The second-order valence-electron chi connectivity index (χ2n) is 4.24. The lowest BCUT2D eigenvalue weighted by atomic mass is 10.1. The molecule has 2 aromatic rings. The lowest BCUT2D eigenvalue weighted by Gasteiger charge is -2.09. The first-order valence-electron chi connectivity index (χ1n) is 6.03. The molecule has 20 heavy (non-hydrogen) atoms. The minimum absolute atomic E-state index is 0.123. The Kier molecular flexibility index (Phi) is 3.87. The summed E-state index contributed by atoms with van der Waals surface area (Å²) < 4.78 is 39.1. The van der Waals surface area contributed by atoms with E-state index in [1.54, 1.807) is 0 Å². The average molecular weight is 283 g/mol. The Morgan fingerprint density at radius 1 is 1.25 bits per heavy atom. The lowest BCUT2D eigenvalue weighted by molar-refractivity contribution is -0.137. The second-order valence-corrected chi connectivity index (χ2v) is 4.24. The molecule has 0 unspecified atom stereocenters. The van der Waals surface area contributed by atoms with E-state index in [9.17, 15) is 18.0 Å². The first-order valence-corrected chi connectivity index (χ1v) is 6.03. The summed E-state index contributed by atoms with van der Waals surface area (Å²) in [6.07, 6.45) is -3.06. The van der Waals surface area contributed by atoms with Crippen LogP contribution in [0.4, 0.5) is 13.2 Å². The number of halogens is 3. The molecule has 1 aromatic heterocycles. The van der Waals surface area contributed by atoms with Crippen LogP contribution in [0.3, 0.4) is 0 Å². The number of nitrogens with zero attached hydrogens (tertiary/aromatic N) is 3. The third-order valence-electron chi connectivity index (χ3n) is 2.79. The summed E-state index contributed by atoms with van der Waals surface area (Å²) in [5.41, 5.74) is 0.316. The molecule has 0 aliphatic heterocycles. The summed E-state index contributed by atoms with van der Waals surface area (Å²) in [7, 11) is 0. The maximum atomic E-state index is 12.5. The first-order chi connectivity index (χ1) is 9.47. The SMILES string of the molecule is CCCn1nnc(C=O)c1-c1ccc(C(F)(F)F)cc1. The summed E-state index contributed by atoms with van der Waals surface area (Å²) in [6, 6.07) is 4.60. The van der Waals surface area contributed by atoms with Crippen LogP contribution in [0.25, 0.3) is 11.3 Å². The largest absolute Gasteiger partial charge is 0.416 e. The minimum atomic E-state index is -4.38. The molecule has 0 atom stereocenters. The smallest absolute Gasteiger partial charge is 0.296 e. The Labute approximate surface area is 113 Å². The third-order valence-corrected chi connectivity index (χ3v) is 2.79. The van der Waals surface area contributed by atoms with E-state index < -0.39 is 11.7 Å². The van der Waals surface area contributed by atoms with Crippen LogP contribution in [-0.2, 0) is 12.7 Å². The van der Waals surface area contributed by atoms with Crippen LogP contribution in [-0.4, -0.2) is 21.3 Å². The predicted octanol–water partition coefficient (Wildman–Crippen LogP) is 3.19. The molecule has 0 amide bonds. The Balaban J connectivity index is 2.45. The molecule has 0 bridgehead atoms. The van der Waals surface area contributed by atoms with E-state index in [4.69, 9.17) is 0 Å². The molecule has 0 saturated heterocycles. The molecule has 0 aliphatic rings. The zero-order chi connectivity index (χ0) is 14.8. The van der Waals surface area contributed by atoms with Crippen LogP contribution >= 0.6 is 0 Å². The Morgan fingerprint density at radius 2 is 1.90 bits per heavy atom. The quantitative estimate of drug-likeness (QED) is 0.810. The molecule has 0 fully saturated rings. The highest BCUT2D eigenvalue weighted by Gasteiger charge is 2.30. The van der Waals surface area contributed by atoms with Gasteiger partial charge in [0, 0.05) is 12.1 Å². The number of alkyl halides is 3. The van der Waals surface area contributed by atoms with Gasteiger partial charge in [-0.05, 0) is 18.6 Å². The average Bonchev–Trinajstić information content (AvgIpc) is 2.81. The van der Waals surface area contributed by atoms with Gasteiger partial charge in [0.1, 0.15) is 0 Å². The van der Waals surface area contributed by atoms with Crippen LogP contribution < -0.4 is 0 Å². The number of hydrogen-bond acceptors (Lipinski definition) is 3. The van der Waals surface area contributed by atoms with Gasteiger partial charge in [-0.25, -0.2) is 4.68 Å². The van der Waals surface area contributed by atoms with Crippen molar-refractivity contribution in [2.75, 3.05) is 0 Å². The molecule has 1 heterocycles. The highest BCUT2D eigenvalue weighted by molar-refractivity contribution is 5.83. The van der Waals surface area contributed by atoms with Gasteiger partial charge in [-0.15, -0.1) is 5.10 Å². The molecule has 7 heteroatoms. The predicted molar refractivity (Wildman–Crippen MR) is 66.1 cm³/mol. The molecule has 0 radical (unpaired) electrons. The monoisotopic (exact) mass is 283 g/mol. The summed E-state index contributed by atoms with van der Waals surface area (Å²) in [5, 5.41) is 7.56.